The Kier molecular flexibility index (Phi) is 5.51. The summed E-state index contributed by atoms with van der Waals surface area (Å²) in [6.07, 6.45) is 0. The van der Waals surface area contributed by atoms with Gasteiger partial charge >= 0.3 is 0 Å². The van der Waals surface area contributed by atoms with E-state index >= 15 is 0 Å². The summed E-state index contributed by atoms with van der Waals surface area (Å²) in [7, 11) is 3.55. The molecule has 0 bridgehead atoms. The van der Waals surface area contributed by atoms with Crippen molar-refractivity contribution in [3.63, 3.8) is 0 Å². The fourth-order valence-electron chi connectivity index (χ4n) is 2.28. The van der Waals surface area contributed by atoms with Crippen LogP contribution in [-0.2, 0) is 9.53 Å². The Balaban J connectivity index is 1.95. The molecular formula is C16H24N4O2. The minimum Gasteiger partial charge on any atom is -0.383 e. The molecule has 0 unspecified atom stereocenters. The van der Waals surface area contributed by atoms with Gasteiger partial charge in [0.2, 0.25) is 5.91 Å². The average molecular weight is 304 g/mol. The van der Waals surface area contributed by atoms with Crippen LogP contribution in [0.3, 0.4) is 0 Å². The third-order valence-electron chi connectivity index (χ3n) is 3.53. The van der Waals surface area contributed by atoms with Crippen LogP contribution in [0.4, 0.5) is 0 Å². The second kappa shape index (κ2) is 7.38. The van der Waals surface area contributed by atoms with Crippen LogP contribution < -0.4 is 5.32 Å². The number of hydrogen-bond donors (Lipinski definition) is 2. The lowest BCUT2D eigenvalue weighted by Gasteiger charge is -2.17. The number of benzene rings is 1. The largest absolute Gasteiger partial charge is 0.383 e. The Hall–Kier alpha value is -1.92. The molecule has 1 aromatic carbocycles. The molecule has 6 heteroatoms. The van der Waals surface area contributed by atoms with E-state index in [0.29, 0.717) is 13.2 Å². The van der Waals surface area contributed by atoms with Crippen molar-refractivity contribution in [1.82, 2.24) is 20.2 Å². The number of aromatic nitrogens is 2. The number of methoxy groups -OCH3 is 1. The quantitative estimate of drug-likeness (QED) is 0.815. The van der Waals surface area contributed by atoms with Gasteiger partial charge < -0.3 is 15.0 Å². The van der Waals surface area contributed by atoms with Crippen LogP contribution in [0.25, 0.3) is 11.0 Å². The molecule has 22 heavy (non-hydrogen) atoms. The van der Waals surface area contributed by atoms with E-state index in [1.807, 2.05) is 37.9 Å². The van der Waals surface area contributed by atoms with Gasteiger partial charge in [-0.05, 0) is 38.6 Å². The maximum absolute atomic E-state index is 12.0. The number of fused-ring (bicyclic) bond motifs is 1. The number of carbonyl (C=O) groups is 1. The van der Waals surface area contributed by atoms with Crippen LogP contribution in [0.2, 0.25) is 0 Å². The number of ether oxygens (including phenoxy) is 1. The molecule has 0 radical (unpaired) electrons. The first-order chi connectivity index (χ1) is 10.5. The number of aromatic amines is 1. The van der Waals surface area contributed by atoms with Crippen LogP contribution in [0.1, 0.15) is 24.4 Å². The Morgan fingerprint density at radius 2 is 2.27 bits per heavy atom. The highest BCUT2D eigenvalue weighted by Gasteiger charge is 2.14. The molecule has 1 atom stereocenters. The van der Waals surface area contributed by atoms with Gasteiger partial charge in [-0.3, -0.25) is 9.69 Å². The monoisotopic (exact) mass is 304 g/mol. The third-order valence-corrected chi connectivity index (χ3v) is 3.53. The number of hydrogen-bond acceptors (Lipinski definition) is 4. The summed E-state index contributed by atoms with van der Waals surface area (Å²) < 4.78 is 5.00. The van der Waals surface area contributed by atoms with Gasteiger partial charge in [0.15, 0.2) is 0 Å². The Morgan fingerprint density at radius 1 is 1.50 bits per heavy atom. The molecule has 0 aliphatic heterocycles. The van der Waals surface area contributed by atoms with Crippen molar-refractivity contribution < 1.29 is 9.53 Å². The summed E-state index contributed by atoms with van der Waals surface area (Å²) in [5, 5.41) is 2.96. The van der Waals surface area contributed by atoms with Crippen molar-refractivity contribution in [3.8, 4) is 0 Å². The summed E-state index contributed by atoms with van der Waals surface area (Å²) in [4.78, 5) is 21.8. The van der Waals surface area contributed by atoms with E-state index in [-0.39, 0.29) is 11.9 Å². The normalized spacial score (nSPS) is 12.8. The molecule has 120 valence electrons. The SMILES string of the molecule is COCCN(C)CC(=O)N[C@@H](C)c1nc2ccc(C)cc2[nH]1. The lowest BCUT2D eigenvalue weighted by molar-refractivity contribution is -0.122. The standard InChI is InChI=1S/C16H24N4O2/c1-11-5-6-13-14(9-11)19-16(18-13)12(2)17-15(21)10-20(3)7-8-22-4/h5-6,9,12H,7-8,10H2,1-4H3,(H,17,21)(H,18,19)/t12-/m0/s1. The van der Waals surface area contributed by atoms with Gasteiger partial charge in [0.1, 0.15) is 5.82 Å². The number of carbonyl (C=O) groups excluding carboxylic acids is 1. The van der Waals surface area contributed by atoms with Crippen molar-refractivity contribution in [2.45, 2.75) is 19.9 Å². The van der Waals surface area contributed by atoms with Crippen LogP contribution in [0.5, 0.6) is 0 Å². The molecule has 1 heterocycles. The van der Waals surface area contributed by atoms with Gasteiger partial charge in [-0.25, -0.2) is 4.98 Å². The number of aryl methyl sites for hydroxylation is 1. The summed E-state index contributed by atoms with van der Waals surface area (Å²) in [6.45, 7) is 5.65. The van der Waals surface area contributed by atoms with Gasteiger partial charge in [0.25, 0.3) is 0 Å². The number of likely N-dealkylation sites (N-methyl/N-ethyl adjacent to an activating group) is 1. The zero-order valence-corrected chi connectivity index (χ0v) is 13.6. The first-order valence-electron chi connectivity index (χ1n) is 7.42. The number of imidazole rings is 1. The molecule has 0 aliphatic rings. The molecular weight excluding hydrogens is 280 g/mol. The predicted octanol–water partition coefficient (Wildman–Crippen LogP) is 1.63. The van der Waals surface area contributed by atoms with Crippen molar-refractivity contribution in [2.75, 3.05) is 33.9 Å². The zero-order chi connectivity index (χ0) is 16.1. The number of rotatable bonds is 7. The van der Waals surface area contributed by atoms with Crippen molar-refractivity contribution in [1.29, 1.82) is 0 Å². The second-order valence-corrected chi connectivity index (χ2v) is 5.66. The molecule has 2 N–H and O–H groups in total. The predicted molar refractivity (Wildman–Crippen MR) is 86.8 cm³/mol. The van der Waals surface area contributed by atoms with Gasteiger partial charge in [-0.15, -0.1) is 0 Å². The molecule has 1 aromatic heterocycles. The van der Waals surface area contributed by atoms with E-state index in [2.05, 4.69) is 21.4 Å². The molecule has 1 amide bonds. The molecule has 2 aromatic rings. The lowest BCUT2D eigenvalue weighted by atomic mass is 10.2. The molecule has 0 spiro atoms. The number of nitrogens with zero attached hydrogens (tertiary/aromatic N) is 2. The number of H-pyrrole nitrogens is 1. The van der Waals surface area contributed by atoms with Crippen LogP contribution in [-0.4, -0.2) is 54.6 Å². The average Bonchev–Trinajstić information content (AvgIpc) is 2.88. The van der Waals surface area contributed by atoms with E-state index < -0.39 is 0 Å². The maximum atomic E-state index is 12.0. The fourth-order valence-corrected chi connectivity index (χ4v) is 2.28. The second-order valence-electron chi connectivity index (χ2n) is 5.66. The van der Waals surface area contributed by atoms with Crippen molar-refractivity contribution in [3.05, 3.63) is 29.6 Å². The Bertz CT molecular complexity index is 638. The molecule has 0 aliphatic carbocycles. The van der Waals surface area contributed by atoms with Gasteiger partial charge in [0, 0.05) is 13.7 Å². The van der Waals surface area contributed by atoms with E-state index in [1.54, 1.807) is 7.11 Å². The molecule has 0 saturated carbocycles. The van der Waals surface area contributed by atoms with Gasteiger partial charge in [-0.2, -0.15) is 0 Å². The molecule has 2 rings (SSSR count). The highest BCUT2D eigenvalue weighted by Crippen LogP contribution is 2.17. The maximum Gasteiger partial charge on any atom is 0.234 e. The molecule has 0 fully saturated rings. The smallest absolute Gasteiger partial charge is 0.234 e. The minimum atomic E-state index is -0.156. The summed E-state index contributed by atoms with van der Waals surface area (Å²) in [5.74, 6) is 0.747. The van der Waals surface area contributed by atoms with E-state index in [4.69, 9.17) is 4.74 Å². The third kappa shape index (κ3) is 4.29. The fraction of sp³-hybridized carbons (Fsp3) is 0.500. The number of nitrogens with one attached hydrogen (secondary N) is 2. The minimum absolute atomic E-state index is 0.0252. The highest BCUT2D eigenvalue weighted by atomic mass is 16.5. The van der Waals surface area contributed by atoms with Gasteiger partial charge in [-0.1, -0.05) is 6.07 Å². The Morgan fingerprint density at radius 3 is 3.00 bits per heavy atom. The van der Waals surface area contributed by atoms with E-state index in [1.165, 1.54) is 5.56 Å². The van der Waals surface area contributed by atoms with Gasteiger partial charge in [0.05, 0.1) is 30.2 Å². The highest BCUT2D eigenvalue weighted by molar-refractivity contribution is 5.79. The van der Waals surface area contributed by atoms with E-state index in [9.17, 15) is 4.79 Å². The summed E-state index contributed by atoms with van der Waals surface area (Å²) >= 11 is 0. The summed E-state index contributed by atoms with van der Waals surface area (Å²) in [6, 6.07) is 5.91. The zero-order valence-electron chi connectivity index (χ0n) is 13.6. The van der Waals surface area contributed by atoms with Crippen LogP contribution in [0, 0.1) is 6.92 Å². The molecule has 6 nitrogen and oxygen atoms in total. The first kappa shape index (κ1) is 16.5. The van der Waals surface area contributed by atoms with E-state index in [0.717, 1.165) is 23.4 Å². The topological polar surface area (TPSA) is 70.2 Å². The molecule has 0 saturated heterocycles. The summed E-state index contributed by atoms with van der Waals surface area (Å²) in [5.41, 5.74) is 3.09. The van der Waals surface area contributed by atoms with Crippen molar-refractivity contribution in [2.24, 2.45) is 0 Å². The Labute approximate surface area is 130 Å². The van der Waals surface area contributed by atoms with Crippen LogP contribution >= 0.6 is 0 Å². The van der Waals surface area contributed by atoms with Crippen molar-refractivity contribution >= 4 is 16.9 Å². The number of amides is 1. The van der Waals surface area contributed by atoms with Crippen LogP contribution in [0.15, 0.2) is 18.2 Å². The first-order valence-corrected chi connectivity index (χ1v) is 7.42. The lowest BCUT2D eigenvalue weighted by Crippen LogP contribution is -2.37.